The van der Waals surface area contributed by atoms with Crippen LogP contribution in [0.4, 0.5) is 0 Å². The van der Waals surface area contributed by atoms with Crippen LogP contribution in [0.1, 0.15) is 48.5 Å². The molecular formula is C17H21NS. The average molecular weight is 271 g/mol. The third-order valence-corrected chi connectivity index (χ3v) is 5.29. The van der Waals surface area contributed by atoms with Crippen LogP contribution in [0, 0.1) is 0 Å². The summed E-state index contributed by atoms with van der Waals surface area (Å²) in [4.78, 5) is 2.59. The lowest BCUT2D eigenvalue weighted by Crippen LogP contribution is -2.03. The van der Waals surface area contributed by atoms with Crippen LogP contribution in [0.2, 0.25) is 0 Å². The van der Waals surface area contributed by atoms with E-state index in [-0.39, 0.29) is 0 Å². The van der Waals surface area contributed by atoms with Gasteiger partial charge in [0.05, 0.1) is 0 Å². The first-order chi connectivity index (χ1) is 9.36. The highest BCUT2D eigenvalue weighted by Gasteiger charge is 2.15. The Bertz CT molecular complexity index is 520. The van der Waals surface area contributed by atoms with E-state index < -0.39 is 0 Å². The van der Waals surface area contributed by atoms with Gasteiger partial charge < -0.3 is 5.73 Å². The van der Waals surface area contributed by atoms with Crippen LogP contribution in [0.3, 0.4) is 0 Å². The summed E-state index contributed by atoms with van der Waals surface area (Å²) in [5.74, 6) is 0.797. The zero-order chi connectivity index (χ0) is 13.1. The quantitative estimate of drug-likeness (QED) is 0.842. The number of hydrogen-bond acceptors (Lipinski definition) is 2. The van der Waals surface area contributed by atoms with Crippen LogP contribution in [-0.2, 0) is 6.54 Å². The van der Waals surface area contributed by atoms with Crippen LogP contribution < -0.4 is 5.73 Å². The molecule has 19 heavy (non-hydrogen) atoms. The summed E-state index contributed by atoms with van der Waals surface area (Å²) < 4.78 is 0. The van der Waals surface area contributed by atoms with Crippen molar-refractivity contribution >= 4 is 11.3 Å². The maximum atomic E-state index is 5.67. The predicted molar refractivity (Wildman–Crippen MR) is 83.5 cm³/mol. The molecule has 0 spiro atoms. The number of benzene rings is 1. The number of nitrogens with two attached hydrogens (primary N) is 1. The molecule has 2 aromatic rings. The molecule has 1 fully saturated rings. The molecular weight excluding hydrogens is 250 g/mol. The molecule has 0 unspecified atom stereocenters. The van der Waals surface area contributed by atoms with Gasteiger partial charge in [-0.15, -0.1) is 11.3 Å². The molecule has 0 aliphatic heterocycles. The van der Waals surface area contributed by atoms with E-state index in [9.17, 15) is 0 Å². The summed E-state index contributed by atoms with van der Waals surface area (Å²) in [5.41, 5.74) is 8.52. The van der Waals surface area contributed by atoms with Crippen molar-refractivity contribution in [1.29, 1.82) is 0 Å². The highest BCUT2D eigenvalue weighted by molar-refractivity contribution is 7.15. The molecule has 1 aliphatic rings. The van der Waals surface area contributed by atoms with Crippen LogP contribution in [0.15, 0.2) is 36.4 Å². The maximum absolute atomic E-state index is 5.67. The topological polar surface area (TPSA) is 26.0 Å². The van der Waals surface area contributed by atoms with E-state index in [1.165, 1.54) is 53.0 Å². The van der Waals surface area contributed by atoms with E-state index in [0.29, 0.717) is 6.54 Å². The smallest absolute Gasteiger partial charge is 0.0346 e. The summed E-state index contributed by atoms with van der Waals surface area (Å²) in [6, 6.07) is 13.5. The van der Waals surface area contributed by atoms with Crippen molar-refractivity contribution in [3.8, 4) is 10.4 Å². The standard InChI is InChI=1S/C17H21NS/c18-12-16-10-11-17(19-16)15-8-6-14(7-9-15)13-4-2-1-3-5-13/h6-11,13H,1-5,12,18H2. The molecule has 1 aliphatic carbocycles. The molecule has 1 heterocycles. The average Bonchev–Trinajstić information content (AvgIpc) is 2.97. The third kappa shape index (κ3) is 2.90. The second kappa shape index (κ2) is 5.89. The van der Waals surface area contributed by atoms with E-state index in [1.54, 1.807) is 11.3 Å². The van der Waals surface area contributed by atoms with Gasteiger partial charge in [-0.05, 0) is 42.0 Å². The molecule has 2 N–H and O–H groups in total. The summed E-state index contributed by atoms with van der Waals surface area (Å²) in [7, 11) is 0. The SMILES string of the molecule is NCc1ccc(-c2ccc(C3CCCCC3)cc2)s1. The van der Waals surface area contributed by atoms with E-state index in [4.69, 9.17) is 5.73 Å². The number of rotatable bonds is 3. The summed E-state index contributed by atoms with van der Waals surface area (Å²) in [6.07, 6.45) is 6.96. The lowest BCUT2D eigenvalue weighted by atomic mass is 9.84. The third-order valence-electron chi connectivity index (χ3n) is 4.13. The fourth-order valence-electron chi connectivity index (χ4n) is 3.00. The first-order valence-electron chi connectivity index (χ1n) is 7.26. The molecule has 0 amide bonds. The molecule has 1 nitrogen and oxygen atoms in total. The van der Waals surface area contributed by atoms with E-state index in [0.717, 1.165) is 5.92 Å². The zero-order valence-corrected chi connectivity index (χ0v) is 12.1. The van der Waals surface area contributed by atoms with Crippen LogP contribution >= 0.6 is 11.3 Å². The van der Waals surface area contributed by atoms with Crippen molar-refractivity contribution in [2.24, 2.45) is 5.73 Å². The van der Waals surface area contributed by atoms with Gasteiger partial charge in [-0.3, -0.25) is 0 Å². The molecule has 0 radical (unpaired) electrons. The molecule has 0 atom stereocenters. The minimum absolute atomic E-state index is 0.644. The number of thiophene rings is 1. The minimum atomic E-state index is 0.644. The van der Waals surface area contributed by atoms with Crippen molar-refractivity contribution < 1.29 is 0 Å². The van der Waals surface area contributed by atoms with Crippen LogP contribution in [0.25, 0.3) is 10.4 Å². The van der Waals surface area contributed by atoms with E-state index in [1.807, 2.05) is 0 Å². The van der Waals surface area contributed by atoms with Crippen molar-refractivity contribution in [3.63, 3.8) is 0 Å². The fourth-order valence-corrected chi connectivity index (χ4v) is 3.89. The van der Waals surface area contributed by atoms with Crippen LogP contribution in [0.5, 0.6) is 0 Å². The highest BCUT2D eigenvalue weighted by atomic mass is 32.1. The Balaban J connectivity index is 1.78. The Hall–Kier alpha value is -1.12. The van der Waals surface area contributed by atoms with Crippen molar-refractivity contribution in [2.75, 3.05) is 0 Å². The van der Waals surface area contributed by atoms with Gasteiger partial charge in [-0.25, -0.2) is 0 Å². The van der Waals surface area contributed by atoms with Gasteiger partial charge in [0.25, 0.3) is 0 Å². The lowest BCUT2D eigenvalue weighted by molar-refractivity contribution is 0.443. The van der Waals surface area contributed by atoms with Crippen LogP contribution in [-0.4, -0.2) is 0 Å². The first-order valence-corrected chi connectivity index (χ1v) is 8.07. The van der Waals surface area contributed by atoms with Crippen molar-refractivity contribution in [1.82, 2.24) is 0 Å². The second-order valence-corrected chi connectivity index (χ2v) is 6.60. The lowest BCUT2D eigenvalue weighted by Gasteiger charge is -2.22. The van der Waals surface area contributed by atoms with Crippen molar-refractivity contribution in [3.05, 3.63) is 46.8 Å². The predicted octanol–water partition coefficient (Wildman–Crippen LogP) is 4.92. The molecule has 1 aromatic heterocycles. The van der Waals surface area contributed by atoms with Gasteiger partial charge in [0.15, 0.2) is 0 Å². The molecule has 0 saturated heterocycles. The molecule has 1 saturated carbocycles. The normalized spacial score (nSPS) is 16.7. The highest BCUT2D eigenvalue weighted by Crippen LogP contribution is 2.34. The summed E-state index contributed by atoms with van der Waals surface area (Å²) in [6.45, 7) is 0.644. The maximum Gasteiger partial charge on any atom is 0.0346 e. The first kappa shape index (κ1) is 12.9. The van der Waals surface area contributed by atoms with Gasteiger partial charge in [-0.2, -0.15) is 0 Å². The second-order valence-electron chi connectivity index (χ2n) is 5.43. The molecule has 0 bridgehead atoms. The summed E-state index contributed by atoms with van der Waals surface area (Å²) in [5, 5.41) is 0. The Morgan fingerprint density at radius 2 is 1.68 bits per heavy atom. The molecule has 1 aromatic carbocycles. The summed E-state index contributed by atoms with van der Waals surface area (Å²) >= 11 is 1.80. The largest absolute Gasteiger partial charge is 0.326 e. The van der Waals surface area contributed by atoms with Crippen molar-refractivity contribution in [2.45, 2.75) is 44.6 Å². The minimum Gasteiger partial charge on any atom is -0.326 e. The fraction of sp³-hybridized carbons (Fsp3) is 0.412. The Morgan fingerprint density at radius 1 is 0.947 bits per heavy atom. The van der Waals surface area contributed by atoms with E-state index >= 15 is 0 Å². The number of hydrogen-bond donors (Lipinski definition) is 1. The monoisotopic (exact) mass is 271 g/mol. The Morgan fingerprint density at radius 3 is 2.32 bits per heavy atom. The van der Waals surface area contributed by atoms with Gasteiger partial charge in [0.2, 0.25) is 0 Å². The zero-order valence-electron chi connectivity index (χ0n) is 11.3. The van der Waals surface area contributed by atoms with E-state index in [2.05, 4.69) is 36.4 Å². The molecule has 100 valence electrons. The van der Waals surface area contributed by atoms with Gasteiger partial charge in [0.1, 0.15) is 0 Å². The van der Waals surface area contributed by atoms with Gasteiger partial charge in [-0.1, -0.05) is 43.5 Å². The molecule has 3 rings (SSSR count). The Labute approximate surface area is 119 Å². The van der Waals surface area contributed by atoms with Gasteiger partial charge >= 0.3 is 0 Å². The van der Waals surface area contributed by atoms with Gasteiger partial charge in [0, 0.05) is 16.3 Å². The Kier molecular flexibility index (Phi) is 4.00. The molecule has 2 heteroatoms.